The van der Waals surface area contributed by atoms with Gasteiger partial charge in [-0.25, -0.2) is 0 Å². The summed E-state index contributed by atoms with van der Waals surface area (Å²) < 4.78 is 5.78. The molecule has 82 valence electrons. The van der Waals surface area contributed by atoms with Gasteiger partial charge in [0.05, 0.1) is 6.10 Å². The van der Waals surface area contributed by atoms with E-state index in [0.717, 1.165) is 19.6 Å². The number of benzene rings is 1. The second kappa shape index (κ2) is 4.33. The number of rotatable bonds is 2. The Balaban J connectivity index is 2.28. The van der Waals surface area contributed by atoms with Crippen LogP contribution in [0.15, 0.2) is 18.2 Å². The molecule has 1 aromatic carbocycles. The quantitative estimate of drug-likeness (QED) is 0.804. The summed E-state index contributed by atoms with van der Waals surface area (Å²) in [6.07, 6.45) is 1.31. The molecule has 1 fully saturated rings. The van der Waals surface area contributed by atoms with Gasteiger partial charge in [0.25, 0.3) is 0 Å². The minimum Gasteiger partial charge on any atom is -0.373 e. The van der Waals surface area contributed by atoms with Crippen LogP contribution in [0, 0.1) is 19.8 Å². The van der Waals surface area contributed by atoms with Crippen LogP contribution in [0.3, 0.4) is 0 Å². The van der Waals surface area contributed by atoms with Gasteiger partial charge in [0.2, 0.25) is 0 Å². The summed E-state index contributed by atoms with van der Waals surface area (Å²) in [5, 5.41) is 0. The molecule has 0 aromatic heterocycles. The zero-order chi connectivity index (χ0) is 10.8. The standard InChI is InChI=1S/C13H19NO/c1-9-3-4-12(10(2)7-9)13-11(8-14)5-6-15-13/h3-4,7,11,13H,5-6,8,14H2,1-2H3. The van der Waals surface area contributed by atoms with Crippen LogP contribution in [-0.2, 0) is 4.74 Å². The molecule has 2 heteroatoms. The van der Waals surface area contributed by atoms with Gasteiger partial charge in [-0.05, 0) is 37.9 Å². The second-order valence-corrected chi connectivity index (χ2v) is 4.44. The van der Waals surface area contributed by atoms with Crippen LogP contribution in [0.2, 0.25) is 0 Å². The van der Waals surface area contributed by atoms with Crippen molar-refractivity contribution < 1.29 is 4.74 Å². The first-order chi connectivity index (χ1) is 7.22. The third-order valence-corrected chi connectivity index (χ3v) is 3.25. The Hall–Kier alpha value is -0.860. The largest absolute Gasteiger partial charge is 0.373 e. The Morgan fingerprint density at radius 1 is 1.40 bits per heavy atom. The molecule has 0 bridgehead atoms. The monoisotopic (exact) mass is 205 g/mol. The van der Waals surface area contributed by atoms with Gasteiger partial charge >= 0.3 is 0 Å². The summed E-state index contributed by atoms with van der Waals surface area (Å²) in [6.45, 7) is 5.84. The highest BCUT2D eigenvalue weighted by molar-refractivity contribution is 5.32. The van der Waals surface area contributed by atoms with Gasteiger partial charge in [-0.3, -0.25) is 0 Å². The predicted molar refractivity (Wildman–Crippen MR) is 61.8 cm³/mol. The molecule has 2 N–H and O–H groups in total. The molecule has 2 nitrogen and oxygen atoms in total. The van der Waals surface area contributed by atoms with Crippen molar-refractivity contribution in [1.29, 1.82) is 0 Å². The highest BCUT2D eigenvalue weighted by Crippen LogP contribution is 2.35. The molecule has 1 aliphatic heterocycles. The molecule has 0 amide bonds. The van der Waals surface area contributed by atoms with Gasteiger partial charge < -0.3 is 10.5 Å². The summed E-state index contributed by atoms with van der Waals surface area (Å²) >= 11 is 0. The van der Waals surface area contributed by atoms with Gasteiger partial charge in [0, 0.05) is 12.5 Å². The average Bonchev–Trinajstić information content (AvgIpc) is 2.65. The van der Waals surface area contributed by atoms with Crippen LogP contribution in [0.1, 0.15) is 29.2 Å². The van der Waals surface area contributed by atoms with Crippen LogP contribution in [0.4, 0.5) is 0 Å². The summed E-state index contributed by atoms with van der Waals surface area (Å²) in [5.41, 5.74) is 9.70. The van der Waals surface area contributed by atoms with Crippen molar-refractivity contribution in [2.24, 2.45) is 11.7 Å². The fourth-order valence-electron chi connectivity index (χ4n) is 2.36. The maximum Gasteiger partial charge on any atom is 0.0868 e. The Labute approximate surface area is 91.4 Å². The molecule has 0 spiro atoms. The van der Waals surface area contributed by atoms with Crippen molar-refractivity contribution in [1.82, 2.24) is 0 Å². The molecule has 1 aliphatic rings. The van der Waals surface area contributed by atoms with Crippen molar-refractivity contribution in [2.75, 3.05) is 13.2 Å². The van der Waals surface area contributed by atoms with E-state index < -0.39 is 0 Å². The highest BCUT2D eigenvalue weighted by atomic mass is 16.5. The van der Waals surface area contributed by atoms with Crippen molar-refractivity contribution >= 4 is 0 Å². The minimum atomic E-state index is 0.218. The molecule has 1 saturated heterocycles. The molecule has 2 rings (SSSR count). The maximum absolute atomic E-state index is 5.78. The van der Waals surface area contributed by atoms with E-state index in [1.807, 2.05) is 0 Å². The summed E-state index contributed by atoms with van der Waals surface area (Å²) in [5.74, 6) is 0.492. The normalized spacial score (nSPS) is 25.8. The lowest BCUT2D eigenvalue weighted by atomic mass is 9.92. The lowest BCUT2D eigenvalue weighted by Crippen LogP contribution is -2.18. The topological polar surface area (TPSA) is 35.2 Å². The van der Waals surface area contributed by atoms with E-state index in [4.69, 9.17) is 10.5 Å². The summed E-state index contributed by atoms with van der Waals surface area (Å²) in [6, 6.07) is 6.55. The number of hydrogen-bond acceptors (Lipinski definition) is 2. The molecule has 2 atom stereocenters. The number of aryl methyl sites for hydroxylation is 2. The fraction of sp³-hybridized carbons (Fsp3) is 0.538. The Morgan fingerprint density at radius 3 is 2.87 bits per heavy atom. The van der Waals surface area contributed by atoms with Crippen molar-refractivity contribution in [2.45, 2.75) is 26.4 Å². The SMILES string of the molecule is Cc1ccc(C2OCCC2CN)c(C)c1. The number of ether oxygens (including phenoxy) is 1. The van der Waals surface area contributed by atoms with Gasteiger partial charge in [0.15, 0.2) is 0 Å². The molecule has 2 unspecified atom stereocenters. The highest BCUT2D eigenvalue weighted by Gasteiger charge is 2.29. The third kappa shape index (κ3) is 2.06. The molecule has 0 aliphatic carbocycles. The molecule has 0 saturated carbocycles. The molecule has 0 radical (unpaired) electrons. The van der Waals surface area contributed by atoms with Crippen molar-refractivity contribution in [3.05, 3.63) is 34.9 Å². The van der Waals surface area contributed by atoms with Gasteiger partial charge in [-0.15, -0.1) is 0 Å². The van der Waals surface area contributed by atoms with E-state index in [-0.39, 0.29) is 6.10 Å². The lowest BCUT2D eigenvalue weighted by molar-refractivity contribution is 0.0920. The third-order valence-electron chi connectivity index (χ3n) is 3.25. The molecular weight excluding hydrogens is 186 g/mol. The fourth-order valence-corrected chi connectivity index (χ4v) is 2.36. The molecule has 1 heterocycles. The predicted octanol–water partition coefficient (Wildman–Crippen LogP) is 2.34. The van der Waals surface area contributed by atoms with Gasteiger partial charge in [-0.2, -0.15) is 0 Å². The van der Waals surface area contributed by atoms with Crippen molar-refractivity contribution in [3.8, 4) is 0 Å². The minimum absolute atomic E-state index is 0.218. The Morgan fingerprint density at radius 2 is 2.20 bits per heavy atom. The smallest absolute Gasteiger partial charge is 0.0868 e. The van der Waals surface area contributed by atoms with Crippen LogP contribution < -0.4 is 5.73 Å². The first-order valence-corrected chi connectivity index (χ1v) is 5.61. The first kappa shape index (κ1) is 10.7. The van der Waals surface area contributed by atoms with Crippen LogP contribution >= 0.6 is 0 Å². The van der Waals surface area contributed by atoms with Crippen LogP contribution in [-0.4, -0.2) is 13.2 Å². The Bertz CT molecular complexity index is 348. The number of hydrogen-bond donors (Lipinski definition) is 1. The molecule has 1 aromatic rings. The van der Waals surface area contributed by atoms with E-state index in [9.17, 15) is 0 Å². The van der Waals surface area contributed by atoms with Crippen molar-refractivity contribution in [3.63, 3.8) is 0 Å². The summed E-state index contributed by atoms with van der Waals surface area (Å²) in [7, 11) is 0. The summed E-state index contributed by atoms with van der Waals surface area (Å²) in [4.78, 5) is 0. The number of nitrogens with two attached hydrogens (primary N) is 1. The van der Waals surface area contributed by atoms with Crippen LogP contribution in [0.5, 0.6) is 0 Å². The lowest BCUT2D eigenvalue weighted by Gasteiger charge is -2.19. The van der Waals surface area contributed by atoms with E-state index >= 15 is 0 Å². The van der Waals surface area contributed by atoms with E-state index in [2.05, 4.69) is 32.0 Å². The van der Waals surface area contributed by atoms with E-state index in [1.54, 1.807) is 0 Å². The Kier molecular flexibility index (Phi) is 3.08. The molecular formula is C13H19NO. The van der Waals surface area contributed by atoms with Gasteiger partial charge in [-0.1, -0.05) is 23.8 Å². The zero-order valence-corrected chi connectivity index (χ0v) is 9.49. The zero-order valence-electron chi connectivity index (χ0n) is 9.49. The van der Waals surface area contributed by atoms with Gasteiger partial charge in [0.1, 0.15) is 0 Å². The average molecular weight is 205 g/mol. The molecule has 15 heavy (non-hydrogen) atoms. The van der Waals surface area contributed by atoms with E-state index in [0.29, 0.717) is 5.92 Å². The first-order valence-electron chi connectivity index (χ1n) is 5.61. The maximum atomic E-state index is 5.78. The second-order valence-electron chi connectivity index (χ2n) is 4.44. The van der Waals surface area contributed by atoms with E-state index in [1.165, 1.54) is 16.7 Å². The van der Waals surface area contributed by atoms with Crippen LogP contribution in [0.25, 0.3) is 0 Å².